The SMILES string of the molecule is C=C/C=C(\C=C/C)c1cc(/C(=C\Br)Nc2ccccc2)c(=O)[nH]n1. The molecule has 2 N–H and O–H groups in total. The number of allylic oxidation sites excluding steroid dienone is 5. The van der Waals surface area contributed by atoms with Crippen molar-refractivity contribution in [3.63, 3.8) is 0 Å². The van der Waals surface area contributed by atoms with Crippen LogP contribution in [0.25, 0.3) is 11.3 Å². The highest BCUT2D eigenvalue weighted by molar-refractivity contribution is 9.11. The van der Waals surface area contributed by atoms with Crippen LogP contribution in [0.4, 0.5) is 5.69 Å². The molecule has 1 heterocycles. The molecule has 2 aromatic rings. The van der Waals surface area contributed by atoms with Gasteiger partial charge in [0, 0.05) is 16.2 Å². The minimum atomic E-state index is -0.272. The molecule has 0 spiro atoms. The molecule has 0 saturated carbocycles. The van der Waals surface area contributed by atoms with Crippen molar-refractivity contribution in [3.05, 3.63) is 93.9 Å². The summed E-state index contributed by atoms with van der Waals surface area (Å²) in [7, 11) is 0. The summed E-state index contributed by atoms with van der Waals surface area (Å²) < 4.78 is 0. The fourth-order valence-corrected chi connectivity index (χ4v) is 2.48. The summed E-state index contributed by atoms with van der Waals surface area (Å²) in [4.78, 5) is 13.9. The Bertz CT molecular complexity index is 848. The van der Waals surface area contributed by atoms with Crippen molar-refractivity contribution in [2.75, 3.05) is 5.32 Å². The summed E-state index contributed by atoms with van der Waals surface area (Å²) in [5.74, 6) is 0. The number of benzene rings is 1. The van der Waals surface area contributed by atoms with Crippen molar-refractivity contribution in [2.24, 2.45) is 0 Å². The highest BCUT2D eigenvalue weighted by Gasteiger charge is 2.10. The van der Waals surface area contributed by atoms with E-state index < -0.39 is 0 Å². The van der Waals surface area contributed by atoms with E-state index in [0.717, 1.165) is 11.3 Å². The summed E-state index contributed by atoms with van der Waals surface area (Å²) in [6.45, 7) is 5.64. The van der Waals surface area contributed by atoms with Gasteiger partial charge in [-0.1, -0.05) is 65.0 Å². The number of aromatic nitrogens is 2. The minimum absolute atomic E-state index is 0.272. The largest absolute Gasteiger partial charge is 0.354 e. The molecule has 1 aromatic carbocycles. The molecule has 0 amide bonds. The lowest BCUT2D eigenvalue weighted by Gasteiger charge is -2.11. The lowest BCUT2D eigenvalue weighted by atomic mass is 10.1. The molecular weight excluding hydrogens is 366 g/mol. The molecule has 0 radical (unpaired) electrons. The van der Waals surface area contributed by atoms with E-state index in [1.807, 2.05) is 55.5 Å². The van der Waals surface area contributed by atoms with Gasteiger partial charge in [-0.25, -0.2) is 5.10 Å². The maximum Gasteiger partial charge on any atom is 0.273 e. The van der Waals surface area contributed by atoms with Gasteiger partial charge in [-0.2, -0.15) is 5.10 Å². The summed E-state index contributed by atoms with van der Waals surface area (Å²) in [6, 6.07) is 11.4. The topological polar surface area (TPSA) is 57.8 Å². The molecule has 122 valence electrons. The van der Waals surface area contributed by atoms with Crippen molar-refractivity contribution in [3.8, 4) is 0 Å². The van der Waals surface area contributed by atoms with Crippen molar-refractivity contribution < 1.29 is 0 Å². The predicted octanol–water partition coefficient (Wildman–Crippen LogP) is 4.72. The van der Waals surface area contributed by atoms with Gasteiger partial charge >= 0.3 is 0 Å². The molecule has 5 heteroatoms. The minimum Gasteiger partial charge on any atom is -0.354 e. The molecule has 0 saturated heterocycles. The Morgan fingerprint density at radius 2 is 2.08 bits per heavy atom. The van der Waals surface area contributed by atoms with Gasteiger partial charge in [-0.3, -0.25) is 4.79 Å². The molecule has 0 aliphatic carbocycles. The first kappa shape index (κ1) is 17.7. The Morgan fingerprint density at radius 3 is 2.71 bits per heavy atom. The monoisotopic (exact) mass is 383 g/mol. The lowest BCUT2D eigenvalue weighted by Crippen LogP contribution is -2.17. The second-order valence-electron chi connectivity index (χ2n) is 4.87. The van der Waals surface area contributed by atoms with Crippen LogP contribution in [0.1, 0.15) is 18.2 Å². The van der Waals surface area contributed by atoms with Gasteiger partial charge in [0.15, 0.2) is 0 Å². The molecule has 24 heavy (non-hydrogen) atoms. The van der Waals surface area contributed by atoms with Gasteiger partial charge < -0.3 is 5.32 Å². The van der Waals surface area contributed by atoms with E-state index in [9.17, 15) is 4.79 Å². The number of nitrogens with zero attached hydrogens (tertiary/aromatic N) is 1. The van der Waals surface area contributed by atoms with Gasteiger partial charge in [0.2, 0.25) is 0 Å². The number of anilines is 1. The van der Waals surface area contributed by atoms with Gasteiger partial charge in [-0.05, 0) is 25.1 Å². The molecule has 0 fully saturated rings. The third-order valence-corrected chi connectivity index (χ3v) is 3.65. The van der Waals surface area contributed by atoms with Crippen molar-refractivity contribution >= 4 is 32.9 Å². The molecule has 4 nitrogen and oxygen atoms in total. The molecule has 1 aromatic heterocycles. The predicted molar refractivity (Wildman–Crippen MR) is 105 cm³/mol. The van der Waals surface area contributed by atoms with E-state index in [2.05, 4.69) is 38.0 Å². The summed E-state index contributed by atoms with van der Waals surface area (Å²) in [6.07, 6.45) is 7.34. The zero-order valence-corrected chi connectivity index (χ0v) is 14.9. The van der Waals surface area contributed by atoms with Crippen molar-refractivity contribution in [1.29, 1.82) is 0 Å². The van der Waals surface area contributed by atoms with Crippen LogP contribution in [-0.4, -0.2) is 10.2 Å². The van der Waals surface area contributed by atoms with Crippen LogP contribution in [0.5, 0.6) is 0 Å². The van der Waals surface area contributed by atoms with Gasteiger partial charge in [0.05, 0.1) is 17.0 Å². The molecule has 2 rings (SSSR count). The van der Waals surface area contributed by atoms with E-state index in [1.54, 1.807) is 17.1 Å². The fourth-order valence-electron chi connectivity index (χ4n) is 2.12. The normalized spacial score (nSPS) is 12.4. The quantitative estimate of drug-likeness (QED) is 0.709. The number of nitrogens with one attached hydrogen (secondary N) is 2. The Labute approximate surface area is 149 Å². The zero-order valence-electron chi connectivity index (χ0n) is 13.3. The Balaban J connectivity index is 2.45. The first-order valence-electron chi connectivity index (χ1n) is 7.38. The molecule has 0 aliphatic heterocycles. The van der Waals surface area contributed by atoms with Crippen LogP contribution < -0.4 is 10.9 Å². The highest BCUT2D eigenvalue weighted by atomic mass is 79.9. The second kappa shape index (κ2) is 8.84. The van der Waals surface area contributed by atoms with Crippen LogP contribution in [0.2, 0.25) is 0 Å². The molecule has 0 aliphatic rings. The maximum absolute atomic E-state index is 12.2. The van der Waals surface area contributed by atoms with E-state index in [4.69, 9.17) is 0 Å². The van der Waals surface area contributed by atoms with Gasteiger partial charge in [0.25, 0.3) is 5.56 Å². The van der Waals surface area contributed by atoms with Crippen molar-refractivity contribution in [2.45, 2.75) is 6.92 Å². The first-order chi connectivity index (χ1) is 11.7. The standard InChI is InChI=1S/C19H18BrN3O/c1-3-8-14(9-4-2)17-12-16(19(24)23-22-17)18(13-20)21-15-10-6-5-7-11-15/h3-13,21H,1H2,2H3,(H,23,24)/b9-4-,14-8+,18-13+. The number of para-hydroxylation sites is 1. The Kier molecular flexibility index (Phi) is 6.51. The fraction of sp³-hybridized carbons (Fsp3) is 0.0526. The van der Waals surface area contributed by atoms with E-state index in [0.29, 0.717) is 17.0 Å². The number of aromatic amines is 1. The van der Waals surface area contributed by atoms with Crippen LogP contribution in [-0.2, 0) is 0 Å². The number of hydrogen-bond donors (Lipinski definition) is 2. The third kappa shape index (κ3) is 4.43. The summed E-state index contributed by atoms with van der Waals surface area (Å²) in [5.41, 5.74) is 3.26. The lowest BCUT2D eigenvalue weighted by molar-refractivity contribution is 0.965. The number of H-pyrrole nitrogens is 1. The maximum atomic E-state index is 12.2. The van der Waals surface area contributed by atoms with Crippen LogP contribution in [0, 0.1) is 0 Å². The number of rotatable bonds is 6. The number of hydrogen-bond acceptors (Lipinski definition) is 3. The average Bonchev–Trinajstić information content (AvgIpc) is 2.61. The number of halogens is 1. The van der Waals surface area contributed by atoms with Crippen molar-refractivity contribution in [1.82, 2.24) is 10.2 Å². The first-order valence-corrected chi connectivity index (χ1v) is 8.29. The summed E-state index contributed by atoms with van der Waals surface area (Å²) in [5, 5.41) is 9.90. The molecular formula is C19H18BrN3O. The Morgan fingerprint density at radius 1 is 1.33 bits per heavy atom. The van der Waals surface area contributed by atoms with Gasteiger partial charge in [-0.15, -0.1) is 0 Å². The van der Waals surface area contributed by atoms with E-state index >= 15 is 0 Å². The highest BCUT2D eigenvalue weighted by Crippen LogP contribution is 2.20. The third-order valence-electron chi connectivity index (χ3n) is 3.20. The van der Waals surface area contributed by atoms with Crippen LogP contribution in [0.3, 0.4) is 0 Å². The van der Waals surface area contributed by atoms with Crippen LogP contribution in [0.15, 0.2) is 77.1 Å². The summed E-state index contributed by atoms with van der Waals surface area (Å²) >= 11 is 3.32. The van der Waals surface area contributed by atoms with E-state index in [-0.39, 0.29) is 5.56 Å². The Hall–Kier alpha value is -2.66. The zero-order chi connectivity index (χ0) is 17.4. The van der Waals surface area contributed by atoms with Gasteiger partial charge in [0.1, 0.15) is 0 Å². The average molecular weight is 384 g/mol. The van der Waals surface area contributed by atoms with E-state index in [1.165, 1.54) is 0 Å². The molecule has 0 unspecified atom stereocenters. The smallest absolute Gasteiger partial charge is 0.273 e. The molecule has 0 atom stereocenters. The van der Waals surface area contributed by atoms with Crippen LogP contribution >= 0.6 is 15.9 Å². The second-order valence-corrected chi connectivity index (χ2v) is 5.33. The molecule has 0 bridgehead atoms.